The molecule has 2 heterocycles. The molecule has 2 aromatic heterocycles. The van der Waals surface area contributed by atoms with Gasteiger partial charge in [-0.1, -0.05) is 47.6 Å². The van der Waals surface area contributed by atoms with Crippen molar-refractivity contribution in [2.75, 3.05) is 11.8 Å². The third-order valence-corrected chi connectivity index (χ3v) is 6.27. The first-order valence-electron chi connectivity index (χ1n) is 10.7. The first kappa shape index (κ1) is 22.7. The minimum absolute atomic E-state index is 0.447. The van der Waals surface area contributed by atoms with Gasteiger partial charge in [0.2, 0.25) is 0 Å². The average molecular weight is 462 g/mol. The number of rotatable bonds is 8. The molecule has 0 aliphatic heterocycles. The molecule has 0 amide bonds. The van der Waals surface area contributed by atoms with E-state index >= 15 is 0 Å². The standard InChI is InChI=1S/C26H27N3O3S/c1-16-14-23(25(30-5)18(3)27-16)31-15-20-10-12-21(13-11-20)22-8-6-7-9-24(22)33-29-26-17(2)19(4)32-28-26/h6-14H,15H2,1-5H3,(H,28,29). The lowest BCUT2D eigenvalue weighted by molar-refractivity contribution is 0.282. The molecule has 0 aliphatic carbocycles. The van der Waals surface area contributed by atoms with E-state index in [4.69, 9.17) is 14.0 Å². The SMILES string of the molecule is COc1c(OCc2ccc(-c3ccccc3SNc3noc(C)c3C)cc2)cc(C)nc1C. The van der Waals surface area contributed by atoms with Gasteiger partial charge in [-0.05, 0) is 62.4 Å². The molecule has 0 aliphatic rings. The van der Waals surface area contributed by atoms with Gasteiger partial charge in [-0.15, -0.1) is 0 Å². The Kier molecular flexibility index (Phi) is 6.89. The predicted octanol–water partition coefficient (Wildman–Crippen LogP) is 6.68. The third kappa shape index (κ3) is 5.14. The van der Waals surface area contributed by atoms with E-state index in [1.54, 1.807) is 7.11 Å². The Morgan fingerprint density at radius 2 is 1.76 bits per heavy atom. The summed E-state index contributed by atoms with van der Waals surface area (Å²) < 4.78 is 20.1. The van der Waals surface area contributed by atoms with E-state index in [-0.39, 0.29) is 0 Å². The third-order valence-electron chi connectivity index (χ3n) is 5.40. The maximum Gasteiger partial charge on any atom is 0.182 e. The van der Waals surface area contributed by atoms with Gasteiger partial charge in [0, 0.05) is 22.2 Å². The van der Waals surface area contributed by atoms with Gasteiger partial charge < -0.3 is 18.7 Å². The number of aryl methyl sites for hydroxylation is 3. The molecule has 0 bridgehead atoms. The fraction of sp³-hybridized carbons (Fsp3) is 0.231. The topological polar surface area (TPSA) is 69.4 Å². The summed E-state index contributed by atoms with van der Waals surface area (Å²) >= 11 is 1.52. The van der Waals surface area contributed by atoms with Crippen LogP contribution in [0.3, 0.4) is 0 Å². The molecule has 2 aromatic carbocycles. The predicted molar refractivity (Wildman–Crippen MR) is 132 cm³/mol. The maximum absolute atomic E-state index is 6.05. The first-order valence-corrected chi connectivity index (χ1v) is 11.5. The van der Waals surface area contributed by atoms with Crippen molar-refractivity contribution in [1.82, 2.24) is 10.1 Å². The van der Waals surface area contributed by atoms with Gasteiger partial charge >= 0.3 is 0 Å². The molecule has 0 saturated heterocycles. The molecule has 0 saturated carbocycles. The van der Waals surface area contributed by atoms with Gasteiger partial charge in [-0.2, -0.15) is 0 Å². The highest BCUT2D eigenvalue weighted by atomic mass is 32.2. The van der Waals surface area contributed by atoms with Crippen LogP contribution in [0.25, 0.3) is 11.1 Å². The van der Waals surface area contributed by atoms with Crippen LogP contribution in [-0.4, -0.2) is 17.3 Å². The molecule has 0 unspecified atom stereocenters. The molecule has 6 nitrogen and oxygen atoms in total. The smallest absolute Gasteiger partial charge is 0.182 e. The molecule has 1 N–H and O–H groups in total. The van der Waals surface area contributed by atoms with Crippen LogP contribution in [0.2, 0.25) is 0 Å². The molecule has 33 heavy (non-hydrogen) atoms. The number of methoxy groups -OCH3 is 1. The van der Waals surface area contributed by atoms with Crippen LogP contribution in [0.1, 0.15) is 28.3 Å². The molecule has 0 atom stereocenters. The van der Waals surface area contributed by atoms with Crippen molar-refractivity contribution in [3.63, 3.8) is 0 Å². The number of nitrogens with zero attached hydrogens (tertiary/aromatic N) is 2. The van der Waals surface area contributed by atoms with Crippen LogP contribution in [0, 0.1) is 27.7 Å². The van der Waals surface area contributed by atoms with Crippen LogP contribution < -0.4 is 14.2 Å². The quantitative estimate of drug-likeness (QED) is 0.294. The van der Waals surface area contributed by atoms with Crippen LogP contribution in [0.4, 0.5) is 5.82 Å². The molecule has 7 heteroatoms. The average Bonchev–Trinajstić information content (AvgIpc) is 3.14. The number of ether oxygens (including phenoxy) is 2. The van der Waals surface area contributed by atoms with Gasteiger partial charge in [0.05, 0.1) is 12.8 Å². The minimum atomic E-state index is 0.447. The van der Waals surface area contributed by atoms with Crippen LogP contribution >= 0.6 is 11.9 Å². The van der Waals surface area contributed by atoms with E-state index < -0.39 is 0 Å². The maximum atomic E-state index is 6.05. The molecular weight excluding hydrogens is 434 g/mol. The van der Waals surface area contributed by atoms with Gasteiger partial charge in [-0.3, -0.25) is 4.98 Å². The normalized spacial score (nSPS) is 10.8. The van der Waals surface area contributed by atoms with E-state index in [9.17, 15) is 0 Å². The number of aromatic nitrogens is 2. The second-order valence-corrected chi connectivity index (χ2v) is 8.63. The van der Waals surface area contributed by atoms with E-state index in [0.29, 0.717) is 18.1 Å². The lowest BCUT2D eigenvalue weighted by atomic mass is 10.0. The molecule has 170 valence electrons. The van der Waals surface area contributed by atoms with Crippen molar-refractivity contribution in [3.8, 4) is 22.6 Å². The van der Waals surface area contributed by atoms with Gasteiger partial charge in [0.15, 0.2) is 17.3 Å². The Balaban J connectivity index is 1.47. The molecule has 0 radical (unpaired) electrons. The van der Waals surface area contributed by atoms with Crippen molar-refractivity contribution < 1.29 is 14.0 Å². The zero-order valence-electron chi connectivity index (χ0n) is 19.4. The van der Waals surface area contributed by atoms with E-state index in [1.807, 2.05) is 45.9 Å². The lowest BCUT2D eigenvalue weighted by Gasteiger charge is -2.14. The number of hydrogen-bond acceptors (Lipinski definition) is 7. The van der Waals surface area contributed by atoms with Gasteiger partial charge in [0.25, 0.3) is 0 Å². The molecule has 4 rings (SSSR count). The Labute approximate surface area is 198 Å². The summed E-state index contributed by atoms with van der Waals surface area (Å²) in [5.74, 6) is 2.95. The summed E-state index contributed by atoms with van der Waals surface area (Å²) in [6, 6.07) is 18.6. The Morgan fingerprint density at radius 3 is 2.45 bits per heavy atom. The Bertz CT molecular complexity index is 1250. The highest BCUT2D eigenvalue weighted by molar-refractivity contribution is 8.00. The summed E-state index contributed by atoms with van der Waals surface area (Å²) in [4.78, 5) is 5.54. The fourth-order valence-corrected chi connectivity index (χ4v) is 4.33. The Hall–Kier alpha value is -3.45. The highest BCUT2D eigenvalue weighted by Gasteiger charge is 2.12. The summed E-state index contributed by atoms with van der Waals surface area (Å²) in [5, 5.41) is 4.08. The van der Waals surface area contributed by atoms with E-state index in [1.165, 1.54) is 11.9 Å². The largest absolute Gasteiger partial charge is 0.491 e. The number of nitrogens with one attached hydrogen (secondary N) is 1. The van der Waals surface area contributed by atoms with Crippen LogP contribution in [0.15, 0.2) is 64.0 Å². The summed E-state index contributed by atoms with van der Waals surface area (Å²) in [7, 11) is 1.64. The minimum Gasteiger partial charge on any atom is -0.491 e. The fourth-order valence-electron chi connectivity index (χ4n) is 3.49. The van der Waals surface area contributed by atoms with Crippen LogP contribution in [0.5, 0.6) is 11.5 Å². The van der Waals surface area contributed by atoms with Crippen molar-refractivity contribution >= 4 is 17.8 Å². The summed E-state index contributed by atoms with van der Waals surface area (Å²) in [5.41, 5.74) is 6.08. The number of pyridine rings is 1. The van der Waals surface area contributed by atoms with Crippen molar-refractivity contribution in [2.45, 2.75) is 39.2 Å². The monoisotopic (exact) mass is 461 g/mol. The first-order chi connectivity index (χ1) is 16.0. The van der Waals surface area contributed by atoms with Crippen LogP contribution in [-0.2, 0) is 6.61 Å². The number of anilines is 1. The summed E-state index contributed by atoms with van der Waals surface area (Å²) in [6.45, 7) is 8.21. The van der Waals surface area contributed by atoms with Crippen molar-refractivity contribution in [3.05, 3.63) is 82.9 Å². The number of benzene rings is 2. The zero-order chi connectivity index (χ0) is 23.4. The zero-order valence-corrected chi connectivity index (χ0v) is 20.2. The molecular formula is C26H27N3O3S. The highest BCUT2D eigenvalue weighted by Crippen LogP contribution is 2.34. The van der Waals surface area contributed by atoms with Crippen molar-refractivity contribution in [1.29, 1.82) is 0 Å². The number of hydrogen-bond donors (Lipinski definition) is 1. The molecule has 4 aromatic rings. The van der Waals surface area contributed by atoms with E-state index in [2.05, 4.69) is 51.3 Å². The second-order valence-electron chi connectivity index (χ2n) is 7.78. The van der Waals surface area contributed by atoms with Gasteiger partial charge in [-0.25, -0.2) is 0 Å². The molecule has 0 spiro atoms. The second kappa shape index (κ2) is 10.0. The summed E-state index contributed by atoms with van der Waals surface area (Å²) in [6.07, 6.45) is 0. The van der Waals surface area contributed by atoms with Gasteiger partial charge in [0.1, 0.15) is 12.4 Å². The lowest BCUT2D eigenvalue weighted by Crippen LogP contribution is -2.01. The Morgan fingerprint density at radius 1 is 1.00 bits per heavy atom. The molecule has 0 fully saturated rings. The van der Waals surface area contributed by atoms with Crippen molar-refractivity contribution in [2.24, 2.45) is 0 Å². The van der Waals surface area contributed by atoms with E-state index in [0.717, 1.165) is 50.1 Å².